The smallest absolute Gasteiger partial charge is 0.191 e. The molecule has 3 rings (SSSR count). The minimum absolute atomic E-state index is 0.177. The number of aromatic nitrogens is 2. The number of aliphatic hydroxyl groups is 4. The van der Waals surface area contributed by atoms with Crippen molar-refractivity contribution < 1.29 is 25.2 Å². The highest BCUT2D eigenvalue weighted by Crippen LogP contribution is 2.38. The molecular formula is C10H14BrN5O5. The fraction of sp³-hybridized carbons (Fsp3) is 0.600. The maximum atomic E-state index is 10.0. The predicted molar refractivity (Wildman–Crippen MR) is 72.2 cm³/mol. The van der Waals surface area contributed by atoms with Crippen LogP contribution in [0.25, 0.3) is 0 Å². The Morgan fingerprint density at radius 1 is 1.33 bits per heavy atom. The van der Waals surface area contributed by atoms with E-state index in [1.807, 2.05) is 0 Å². The van der Waals surface area contributed by atoms with Crippen molar-refractivity contribution in [1.82, 2.24) is 14.6 Å². The number of nitrogens with zero attached hydrogens (tertiary/aromatic N) is 4. The summed E-state index contributed by atoms with van der Waals surface area (Å²) in [6.45, 7) is -0.433. The molecular weight excluding hydrogens is 350 g/mol. The molecule has 5 atom stereocenters. The number of hydrogen-bond donors (Lipinski definition) is 5. The topological polar surface area (TPSA) is 150 Å². The number of ether oxygens (including phenoxy) is 1. The van der Waals surface area contributed by atoms with E-state index in [0.717, 1.165) is 5.01 Å². The molecule has 116 valence electrons. The van der Waals surface area contributed by atoms with Gasteiger partial charge in [-0.2, -0.15) is 0 Å². The average Bonchev–Trinajstić information content (AvgIpc) is 2.99. The van der Waals surface area contributed by atoms with Crippen molar-refractivity contribution >= 4 is 26.5 Å². The van der Waals surface area contributed by atoms with Crippen LogP contribution in [0.5, 0.6) is 0 Å². The number of aliphatic hydroxyl groups excluding tert-OH is 4. The number of hydrogen-bond acceptors (Lipinski definition) is 9. The standard InChI is InChI=1S/C10H14BrN5O5/c11-10-14-7-4(8(20)16(10)12)13-2-15(7)9-6(19)5(18)3(1-17)21-9/h2-3,5-6,8-9,17-20H,1,12H2/t3-,5?,6?,8?,9-/m1/s1. The molecule has 1 fully saturated rings. The Kier molecular flexibility index (Phi) is 3.73. The summed E-state index contributed by atoms with van der Waals surface area (Å²) in [5.74, 6) is 5.84. The van der Waals surface area contributed by atoms with Gasteiger partial charge in [0.1, 0.15) is 24.0 Å². The van der Waals surface area contributed by atoms with Gasteiger partial charge in [0.25, 0.3) is 0 Å². The highest BCUT2D eigenvalue weighted by molar-refractivity contribution is 9.18. The lowest BCUT2D eigenvalue weighted by Gasteiger charge is -2.27. The van der Waals surface area contributed by atoms with E-state index in [1.165, 1.54) is 10.9 Å². The Balaban J connectivity index is 1.99. The van der Waals surface area contributed by atoms with E-state index < -0.39 is 37.4 Å². The molecule has 21 heavy (non-hydrogen) atoms. The first-order valence-electron chi connectivity index (χ1n) is 6.11. The second-order valence-electron chi connectivity index (χ2n) is 4.75. The Labute approximate surface area is 127 Å². The molecule has 0 aromatic carbocycles. The monoisotopic (exact) mass is 363 g/mol. The number of fused-ring (bicyclic) bond motifs is 1. The minimum Gasteiger partial charge on any atom is -0.394 e. The zero-order chi connectivity index (χ0) is 15.3. The summed E-state index contributed by atoms with van der Waals surface area (Å²) in [5.41, 5.74) is 0.193. The zero-order valence-electron chi connectivity index (χ0n) is 10.6. The van der Waals surface area contributed by atoms with E-state index >= 15 is 0 Å². The number of hydrazine groups is 1. The van der Waals surface area contributed by atoms with E-state index in [0.29, 0.717) is 0 Å². The molecule has 11 heteroatoms. The van der Waals surface area contributed by atoms with Crippen LogP contribution < -0.4 is 5.84 Å². The average molecular weight is 364 g/mol. The molecule has 0 spiro atoms. The molecule has 0 bridgehead atoms. The summed E-state index contributed by atoms with van der Waals surface area (Å²) in [5, 5.41) is 39.9. The van der Waals surface area contributed by atoms with E-state index in [4.69, 9.17) is 15.7 Å². The lowest BCUT2D eigenvalue weighted by molar-refractivity contribution is -0.0522. The Bertz CT molecular complexity index is 580. The second kappa shape index (κ2) is 5.28. The first kappa shape index (κ1) is 14.8. The molecule has 10 nitrogen and oxygen atoms in total. The molecule has 2 aliphatic rings. The lowest BCUT2D eigenvalue weighted by atomic mass is 10.1. The molecule has 1 aromatic rings. The van der Waals surface area contributed by atoms with Crippen LogP contribution in [0.4, 0.5) is 5.82 Å². The number of halogens is 1. The summed E-state index contributed by atoms with van der Waals surface area (Å²) in [7, 11) is 0. The van der Waals surface area contributed by atoms with Crippen molar-refractivity contribution in [1.29, 1.82) is 0 Å². The van der Waals surface area contributed by atoms with Gasteiger partial charge in [0.2, 0.25) is 0 Å². The summed E-state index contributed by atoms with van der Waals surface area (Å²) in [6.07, 6.45) is -4.27. The quantitative estimate of drug-likeness (QED) is 0.300. The summed E-state index contributed by atoms with van der Waals surface area (Å²) >= 11 is 3.10. The third-order valence-corrected chi connectivity index (χ3v) is 4.09. The SMILES string of the molecule is NN1C(Br)=Nc2c(ncn2[C@@H]2O[C@H](CO)C(O)C2O)C1O. The van der Waals surface area contributed by atoms with Crippen LogP contribution in [-0.4, -0.2) is 64.6 Å². The Hall–Kier alpha value is -1.08. The van der Waals surface area contributed by atoms with Crippen molar-refractivity contribution in [2.45, 2.75) is 30.8 Å². The van der Waals surface area contributed by atoms with Crippen LogP contribution >= 0.6 is 15.9 Å². The maximum Gasteiger partial charge on any atom is 0.191 e. The van der Waals surface area contributed by atoms with Crippen molar-refractivity contribution in [2.75, 3.05) is 6.61 Å². The Morgan fingerprint density at radius 3 is 2.67 bits per heavy atom. The largest absolute Gasteiger partial charge is 0.394 e. The molecule has 3 heterocycles. The number of nitrogens with two attached hydrogens (primary N) is 1. The number of imidazole rings is 1. The molecule has 0 radical (unpaired) electrons. The first-order chi connectivity index (χ1) is 9.95. The maximum absolute atomic E-state index is 10.0. The number of rotatable bonds is 2. The fourth-order valence-corrected chi connectivity index (χ4v) is 2.70. The van der Waals surface area contributed by atoms with Crippen LogP contribution in [0.3, 0.4) is 0 Å². The molecule has 2 aliphatic heterocycles. The number of aliphatic imine (C=N–C) groups is 1. The van der Waals surface area contributed by atoms with Gasteiger partial charge in [0.05, 0.1) is 12.9 Å². The normalized spacial score (nSPS) is 35.8. The van der Waals surface area contributed by atoms with Gasteiger partial charge in [-0.15, -0.1) is 0 Å². The highest BCUT2D eigenvalue weighted by atomic mass is 79.9. The highest BCUT2D eigenvalue weighted by Gasteiger charge is 2.45. The summed E-state index contributed by atoms with van der Waals surface area (Å²) in [6, 6.07) is 0. The van der Waals surface area contributed by atoms with Gasteiger partial charge in [0, 0.05) is 0 Å². The lowest BCUT2D eigenvalue weighted by Crippen LogP contribution is -2.40. The van der Waals surface area contributed by atoms with Gasteiger partial charge < -0.3 is 25.2 Å². The molecule has 1 saturated heterocycles. The van der Waals surface area contributed by atoms with Crippen LogP contribution in [0.15, 0.2) is 11.3 Å². The Morgan fingerprint density at radius 2 is 2.05 bits per heavy atom. The number of amidine groups is 1. The van der Waals surface area contributed by atoms with Crippen molar-refractivity contribution in [3.05, 3.63) is 12.0 Å². The van der Waals surface area contributed by atoms with Crippen molar-refractivity contribution in [3.8, 4) is 0 Å². The van der Waals surface area contributed by atoms with Gasteiger partial charge in [0.15, 0.2) is 23.0 Å². The second-order valence-corrected chi connectivity index (χ2v) is 5.46. The molecule has 6 N–H and O–H groups in total. The third-order valence-electron chi connectivity index (χ3n) is 3.51. The van der Waals surface area contributed by atoms with Crippen molar-refractivity contribution in [3.63, 3.8) is 0 Å². The summed E-state index contributed by atoms with van der Waals surface area (Å²) in [4.78, 5) is 8.14. The first-order valence-corrected chi connectivity index (χ1v) is 6.90. The van der Waals surface area contributed by atoms with Crippen LogP contribution in [0, 0.1) is 0 Å². The van der Waals surface area contributed by atoms with E-state index in [1.54, 1.807) is 0 Å². The van der Waals surface area contributed by atoms with E-state index in [9.17, 15) is 15.3 Å². The van der Waals surface area contributed by atoms with Crippen LogP contribution in [-0.2, 0) is 4.74 Å². The van der Waals surface area contributed by atoms with E-state index in [-0.39, 0.29) is 16.3 Å². The van der Waals surface area contributed by atoms with E-state index in [2.05, 4.69) is 25.9 Å². The van der Waals surface area contributed by atoms with Crippen LogP contribution in [0.2, 0.25) is 0 Å². The van der Waals surface area contributed by atoms with Gasteiger partial charge in [-0.1, -0.05) is 0 Å². The van der Waals surface area contributed by atoms with Crippen LogP contribution in [0.1, 0.15) is 18.1 Å². The fourth-order valence-electron chi connectivity index (χ4n) is 2.34. The van der Waals surface area contributed by atoms with Gasteiger partial charge in [-0.25, -0.2) is 15.8 Å². The third kappa shape index (κ3) is 2.17. The summed E-state index contributed by atoms with van der Waals surface area (Å²) < 4.78 is 6.95. The van der Waals surface area contributed by atoms with Gasteiger partial charge in [-0.3, -0.25) is 9.58 Å². The van der Waals surface area contributed by atoms with Gasteiger partial charge in [-0.05, 0) is 15.9 Å². The molecule has 0 amide bonds. The van der Waals surface area contributed by atoms with Gasteiger partial charge >= 0.3 is 0 Å². The predicted octanol–water partition coefficient (Wildman–Crippen LogP) is -1.94. The molecule has 3 unspecified atom stereocenters. The molecule has 0 aliphatic carbocycles. The minimum atomic E-state index is -1.26. The molecule has 0 saturated carbocycles. The van der Waals surface area contributed by atoms with Crippen molar-refractivity contribution in [2.24, 2.45) is 10.8 Å². The molecule has 1 aromatic heterocycles. The zero-order valence-corrected chi connectivity index (χ0v) is 12.2.